The minimum atomic E-state index is -0.0334. The topological polar surface area (TPSA) is 70.1 Å². The summed E-state index contributed by atoms with van der Waals surface area (Å²) < 4.78 is 3.74. The molecule has 7 nitrogen and oxygen atoms in total. The van der Waals surface area contributed by atoms with Crippen LogP contribution in [0.15, 0.2) is 24.7 Å². The van der Waals surface area contributed by atoms with Crippen molar-refractivity contribution in [2.24, 2.45) is 14.1 Å². The fourth-order valence-electron chi connectivity index (χ4n) is 3.33. The third-order valence-electron chi connectivity index (χ3n) is 4.69. The van der Waals surface area contributed by atoms with Gasteiger partial charge in [0.25, 0.3) is 5.91 Å². The maximum atomic E-state index is 12.9. The summed E-state index contributed by atoms with van der Waals surface area (Å²) in [6.45, 7) is 5.15. The highest BCUT2D eigenvalue weighted by Gasteiger charge is 2.33. The molecule has 0 spiro atoms. The van der Waals surface area contributed by atoms with Gasteiger partial charge in [-0.2, -0.15) is 5.26 Å². The molecule has 0 radical (unpaired) electrons. The van der Waals surface area contributed by atoms with Gasteiger partial charge in [0.1, 0.15) is 17.6 Å². The number of aromatic nitrogens is 3. The zero-order valence-electron chi connectivity index (χ0n) is 14.3. The lowest BCUT2D eigenvalue weighted by Gasteiger charge is -2.40. The van der Waals surface area contributed by atoms with Crippen molar-refractivity contribution in [1.29, 1.82) is 5.26 Å². The highest BCUT2D eigenvalue weighted by atomic mass is 16.2. The first-order valence-corrected chi connectivity index (χ1v) is 8.12. The number of amides is 1. The highest BCUT2D eigenvalue weighted by molar-refractivity contribution is 5.93. The Morgan fingerprint density at radius 1 is 1.38 bits per heavy atom. The number of rotatable bonds is 3. The first-order chi connectivity index (χ1) is 11.5. The van der Waals surface area contributed by atoms with Crippen LogP contribution < -0.4 is 0 Å². The molecule has 1 atom stereocenters. The van der Waals surface area contributed by atoms with Gasteiger partial charge in [0.15, 0.2) is 0 Å². The summed E-state index contributed by atoms with van der Waals surface area (Å²) in [5.74, 6) is 0.938. The van der Waals surface area contributed by atoms with E-state index < -0.39 is 0 Å². The molecule has 0 aromatic carbocycles. The van der Waals surface area contributed by atoms with E-state index in [9.17, 15) is 4.79 Å². The van der Waals surface area contributed by atoms with E-state index in [0.717, 1.165) is 18.9 Å². The molecular weight excluding hydrogens is 304 g/mol. The summed E-state index contributed by atoms with van der Waals surface area (Å²) >= 11 is 0. The lowest BCUT2D eigenvalue weighted by molar-refractivity contribution is 0.0464. The van der Waals surface area contributed by atoms with Crippen LogP contribution in [0.25, 0.3) is 0 Å². The lowest BCUT2D eigenvalue weighted by Crippen LogP contribution is -2.51. The molecule has 1 unspecified atom stereocenters. The molecular formula is C17H22N6O. The first kappa shape index (κ1) is 16.3. The van der Waals surface area contributed by atoms with Crippen molar-refractivity contribution >= 4 is 5.91 Å². The number of carbonyl (C=O) groups is 1. The summed E-state index contributed by atoms with van der Waals surface area (Å²) in [5.41, 5.74) is 1.06. The SMILES string of the molecule is CCN1CCN(C(=O)c2cc(C#N)cn2C)CC1c1nccn1C. The Morgan fingerprint density at radius 2 is 2.17 bits per heavy atom. The zero-order valence-corrected chi connectivity index (χ0v) is 14.3. The minimum absolute atomic E-state index is 0.0334. The van der Waals surface area contributed by atoms with Gasteiger partial charge in [-0.3, -0.25) is 9.69 Å². The van der Waals surface area contributed by atoms with E-state index in [1.807, 2.05) is 22.7 Å². The number of imidazole rings is 1. The van der Waals surface area contributed by atoms with Crippen molar-refractivity contribution < 1.29 is 4.79 Å². The Morgan fingerprint density at radius 3 is 2.75 bits per heavy atom. The van der Waals surface area contributed by atoms with E-state index >= 15 is 0 Å². The van der Waals surface area contributed by atoms with Crippen LogP contribution in [0.1, 0.15) is 34.8 Å². The molecule has 1 amide bonds. The summed E-state index contributed by atoms with van der Waals surface area (Å²) in [6.07, 6.45) is 5.41. The first-order valence-electron chi connectivity index (χ1n) is 8.12. The van der Waals surface area contributed by atoms with E-state index in [1.165, 1.54) is 0 Å². The molecule has 1 aliphatic heterocycles. The van der Waals surface area contributed by atoms with Gasteiger partial charge in [0.2, 0.25) is 0 Å². The van der Waals surface area contributed by atoms with E-state index in [-0.39, 0.29) is 11.9 Å². The Bertz CT molecular complexity index is 783. The standard InChI is InChI=1S/C17H22N6O/c1-4-22-7-8-23(12-15(22)16-19-5-6-20(16)2)17(24)14-9-13(10-18)11-21(14)3/h5-6,9,11,15H,4,7-8,12H2,1-3H3. The Kier molecular flexibility index (Phi) is 4.40. The van der Waals surface area contributed by atoms with Gasteiger partial charge in [-0.1, -0.05) is 6.92 Å². The van der Waals surface area contributed by atoms with Gasteiger partial charge in [-0.05, 0) is 12.6 Å². The number of hydrogen-bond acceptors (Lipinski definition) is 4. The number of likely N-dealkylation sites (N-methyl/N-ethyl adjacent to an activating group) is 1. The number of aryl methyl sites for hydroxylation is 2. The van der Waals surface area contributed by atoms with Crippen LogP contribution in [0.4, 0.5) is 0 Å². The van der Waals surface area contributed by atoms with E-state index in [1.54, 1.807) is 30.1 Å². The molecule has 2 aromatic rings. The van der Waals surface area contributed by atoms with Crippen LogP contribution in [-0.4, -0.2) is 56.0 Å². The summed E-state index contributed by atoms with van der Waals surface area (Å²) in [7, 11) is 3.78. The fraction of sp³-hybridized carbons (Fsp3) is 0.471. The Labute approximate surface area is 141 Å². The second-order valence-electron chi connectivity index (χ2n) is 6.13. The second-order valence-corrected chi connectivity index (χ2v) is 6.13. The quantitative estimate of drug-likeness (QED) is 0.848. The molecule has 24 heavy (non-hydrogen) atoms. The fourth-order valence-corrected chi connectivity index (χ4v) is 3.33. The summed E-state index contributed by atoms with van der Waals surface area (Å²) in [4.78, 5) is 21.6. The van der Waals surface area contributed by atoms with Crippen LogP contribution in [0.3, 0.4) is 0 Å². The third-order valence-corrected chi connectivity index (χ3v) is 4.69. The Hall–Kier alpha value is -2.59. The van der Waals surface area contributed by atoms with Crippen LogP contribution in [0.5, 0.6) is 0 Å². The largest absolute Gasteiger partial charge is 0.345 e. The molecule has 1 fully saturated rings. The van der Waals surface area contributed by atoms with Crippen molar-refractivity contribution in [3.8, 4) is 6.07 Å². The number of nitriles is 1. The summed E-state index contributed by atoms with van der Waals surface area (Å²) in [6, 6.07) is 3.83. The van der Waals surface area contributed by atoms with Crippen molar-refractivity contribution in [2.45, 2.75) is 13.0 Å². The van der Waals surface area contributed by atoms with E-state index in [4.69, 9.17) is 5.26 Å². The van der Waals surface area contributed by atoms with Crippen molar-refractivity contribution in [2.75, 3.05) is 26.2 Å². The number of piperazine rings is 1. The lowest BCUT2D eigenvalue weighted by atomic mass is 10.1. The second kappa shape index (κ2) is 6.49. The minimum Gasteiger partial charge on any atom is -0.345 e. The van der Waals surface area contributed by atoms with Crippen LogP contribution in [0, 0.1) is 11.3 Å². The average Bonchev–Trinajstić information content (AvgIpc) is 3.19. The van der Waals surface area contributed by atoms with Gasteiger partial charge in [-0.15, -0.1) is 0 Å². The molecule has 126 valence electrons. The number of carbonyl (C=O) groups excluding carboxylic acids is 1. The normalized spacial score (nSPS) is 18.6. The van der Waals surface area contributed by atoms with Crippen LogP contribution in [0.2, 0.25) is 0 Å². The smallest absolute Gasteiger partial charge is 0.270 e. The maximum Gasteiger partial charge on any atom is 0.270 e. The molecule has 3 heterocycles. The van der Waals surface area contributed by atoms with E-state index in [2.05, 4.69) is 22.9 Å². The van der Waals surface area contributed by atoms with Crippen LogP contribution in [-0.2, 0) is 14.1 Å². The van der Waals surface area contributed by atoms with Gasteiger partial charge in [0, 0.05) is 52.3 Å². The molecule has 3 rings (SSSR count). The highest BCUT2D eigenvalue weighted by Crippen LogP contribution is 2.25. The number of hydrogen-bond donors (Lipinski definition) is 0. The molecule has 0 bridgehead atoms. The summed E-state index contributed by atoms with van der Waals surface area (Å²) in [5, 5.41) is 9.03. The molecule has 7 heteroatoms. The predicted octanol–water partition coefficient (Wildman–Crippen LogP) is 1.15. The van der Waals surface area contributed by atoms with Gasteiger partial charge >= 0.3 is 0 Å². The average molecular weight is 326 g/mol. The molecule has 2 aromatic heterocycles. The van der Waals surface area contributed by atoms with E-state index in [0.29, 0.717) is 24.3 Å². The predicted molar refractivity (Wildman–Crippen MR) is 89.2 cm³/mol. The monoisotopic (exact) mass is 326 g/mol. The van der Waals surface area contributed by atoms with Gasteiger partial charge in [-0.25, -0.2) is 4.98 Å². The third kappa shape index (κ3) is 2.81. The van der Waals surface area contributed by atoms with Gasteiger partial charge in [0.05, 0.1) is 11.6 Å². The van der Waals surface area contributed by atoms with Crippen molar-refractivity contribution in [1.82, 2.24) is 23.9 Å². The molecule has 0 saturated carbocycles. The molecule has 1 aliphatic rings. The molecule has 1 saturated heterocycles. The van der Waals surface area contributed by atoms with Crippen molar-refractivity contribution in [3.63, 3.8) is 0 Å². The number of nitrogens with zero attached hydrogens (tertiary/aromatic N) is 6. The Balaban J connectivity index is 1.85. The molecule has 0 aliphatic carbocycles. The van der Waals surface area contributed by atoms with Crippen LogP contribution >= 0.6 is 0 Å². The van der Waals surface area contributed by atoms with Crippen molar-refractivity contribution in [3.05, 3.63) is 41.7 Å². The maximum absolute atomic E-state index is 12.9. The molecule has 0 N–H and O–H groups in total. The van der Waals surface area contributed by atoms with Gasteiger partial charge < -0.3 is 14.0 Å². The zero-order chi connectivity index (χ0) is 17.3.